The minimum Gasteiger partial charge on any atom is -0.455 e. The number of aromatic nitrogens is 1. The van der Waals surface area contributed by atoms with Crippen LogP contribution in [-0.2, 0) is 6.37 Å². The Morgan fingerprint density at radius 2 is 1.74 bits per heavy atom. The van der Waals surface area contributed by atoms with Gasteiger partial charge in [0, 0.05) is 29.4 Å². The molecule has 0 radical (unpaired) electrons. The van der Waals surface area contributed by atoms with E-state index in [2.05, 4.69) is 55.2 Å². The lowest BCUT2D eigenvalue weighted by Crippen LogP contribution is -2.02. The van der Waals surface area contributed by atoms with Gasteiger partial charge in [-0.3, -0.25) is 4.98 Å². The van der Waals surface area contributed by atoms with E-state index in [1.165, 1.54) is 22.9 Å². The quantitative estimate of drug-likeness (QED) is 0.273. The van der Waals surface area contributed by atoms with Crippen LogP contribution < -0.4 is 0 Å². The molecule has 0 amide bonds. The molecule has 3 aromatic carbocycles. The summed E-state index contributed by atoms with van der Waals surface area (Å²) in [6.45, 7) is 1.77. The van der Waals surface area contributed by atoms with Gasteiger partial charge >= 0.3 is 0 Å². The molecule has 0 spiro atoms. The zero-order chi connectivity index (χ0) is 27.5. The summed E-state index contributed by atoms with van der Waals surface area (Å²) >= 11 is 0. The van der Waals surface area contributed by atoms with Crippen molar-refractivity contribution in [3.63, 3.8) is 0 Å². The molecule has 0 atom stereocenters. The van der Waals surface area contributed by atoms with Crippen LogP contribution in [0.25, 0.3) is 44.3 Å². The number of nitrogens with zero attached hydrogens (tertiary/aromatic N) is 1. The van der Waals surface area contributed by atoms with Crippen LogP contribution in [0.1, 0.15) is 54.8 Å². The molecule has 6 rings (SSSR count). The number of pyridine rings is 1. The zero-order valence-corrected chi connectivity index (χ0v) is 19.6. The van der Waals surface area contributed by atoms with Gasteiger partial charge in [0.15, 0.2) is 0 Å². The highest BCUT2D eigenvalue weighted by Crippen LogP contribution is 2.38. The Morgan fingerprint density at radius 1 is 0.941 bits per heavy atom. The van der Waals surface area contributed by atoms with Crippen LogP contribution in [-0.4, -0.2) is 4.98 Å². The molecule has 0 N–H and O–H groups in total. The molecule has 2 nitrogen and oxygen atoms in total. The van der Waals surface area contributed by atoms with Crippen molar-refractivity contribution < 1.29 is 11.3 Å². The number of furan rings is 1. The summed E-state index contributed by atoms with van der Waals surface area (Å²) in [5.74, 6) is -0.209. The Morgan fingerprint density at radius 3 is 2.53 bits per heavy atom. The summed E-state index contributed by atoms with van der Waals surface area (Å²) in [6.07, 6.45) is 3.02. The molecule has 34 heavy (non-hydrogen) atoms. The van der Waals surface area contributed by atoms with E-state index in [1.807, 2.05) is 18.2 Å². The highest BCUT2D eigenvalue weighted by Gasteiger charge is 2.19. The first-order valence-corrected chi connectivity index (χ1v) is 12.1. The van der Waals surface area contributed by atoms with Crippen molar-refractivity contribution in [3.8, 4) is 22.4 Å². The van der Waals surface area contributed by atoms with Gasteiger partial charge in [-0.25, -0.2) is 0 Å². The van der Waals surface area contributed by atoms with E-state index in [0.29, 0.717) is 11.3 Å². The van der Waals surface area contributed by atoms with Gasteiger partial charge < -0.3 is 4.42 Å². The van der Waals surface area contributed by atoms with E-state index in [1.54, 1.807) is 6.07 Å². The Kier molecular flexibility index (Phi) is 4.04. The number of para-hydroxylation sites is 1. The van der Waals surface area contributed by atoms with Gasteiger partial charge in [0.2, 0.25) is 0 Å². The van der Waals surface area contributed by atoms with Gasteiger partial charge in [-0.1, -0.05) is 62.1 Å². The molecule has 5 aromatic rings. The van der Waals surface area contributed by atoms with Crippen LogP contribution in [0.3, 0.4) is 0 Å². The maximum Gasteiger partial charge on any atom is 0.144 e. The lowest BCUT2D eigenvalue weighted by molar-refractivity contribution is 0.545. The molecule has 0 saturated heterocycles. The van der Waals surface area contributed by atoms with E-state index in [9.17, 15) is 0 Å². The minimum atomic E-state index is -2.46. The molecule has 1 saturated carbocycles. The smallest absolute Gasteiger partial charge is 0.144 e. The summed E-state index contributed by atoms with van der Waals surface area (Å²) in [4.78, 5) is 4.54. The summed E-state index contributed by atoms with van der Waals surface area (Å²) in [5, 5.41) is 1.93. The lowest BCUT2D eigenvalue weighted by Gasteiger charge is -2.13. The molecule has 0 aliphatic heterocycles. The average molecular weight is 451 g/mol. The molecule has 2 heterocycles. The number of fused-ring (bicyclic) bond motifs is 3. The van der Waals surface area contributed by atoms with Crippen LogP contribution >= 0.6 is 0 Å². The largest absolute Gasteiger partial charge is 0.455 e. The summed E-state index contributed by atoms with van der Waals surface area (Å²) in [7, 11) is 0. The molecular formula is C32H31NO. The monoisotopic (exact) mass is 450 g/mol. The predicted molar refractivity (Wildman–Crippen MR) is 142 cm³/mol. The molecule has 1 fully saturated rings. The fourth-order valence-electron chi connectivity index (χ4n) is 5.44. The van der Waals surface area contributed by atoms with Crippen molar-refractivity contribution in [2.45, 2.75) is 52.8 Å². The van der Waals surface area contributed by atoms with Crippen molar-refractivity contribution in [3.05, 3.63) is 89.1 Å². The summed E-state index contributed by atoms with van der Waals surface area (Å²) in [5.41, 5.74) is 7.54. The molecule has 2 aromatic heterocycles. The van der Waals surface area contributed by atoms with E-state index in [4.69, 9.17) is 11.3 Å². The molecule has 0 bridgehead atoms. The average Bonchev–Trinajstić information content (AvgIpc) is 3.56. The van der Waals surface area contributed by atoms with Crippen LogP contribution in [0.5, 0.6) is 0 Å². The van der Waals surface area contributed by atoms with Crippen LogP contribution in [0.2, 0.25) is 0 Å². The standard InChI is InChI=1S/C32H31NO/c1-20-8-6-9-21(2)31(20)24-14-15-26-27-12-7-13-28(32(27)34-30(26)18-24)29-17-25(22(3)19-33-29)16-23-10-4-5-11-23/h6-9,12-15,17-19,23H,4-5,10-11,16H2,1-3H3/i3D3,16D2. The molecule has 1 aliphatic rings. The fourth-order valence-corrected chi connectivity index (χ4v) is 5.44. The second-order valence-corrected chi connectivity index (χ2v) is 9.50. The Hall–Kier alpha value is -3.39. The lowest BCUT2D eigenvalue weighted by atomic mass is 9.94. The number of rotatable bonds is 4. The van der Waals surface area contributed by atoms with Gasteiger partial charge in [0.1, 0.15) is 11.2 Å². The first kappa shape index (κ1) is 16.3. The second-order valence-electron chi connectivity index (χ2n) is 9.50. The normalized spacial score (nSPS) is 17.4. The highest BCUT2D eigenvalue weighted by atomic mass is 16.3. The number of benzene rings is 3. The van der Waals surface area contributed by atoms with E-state index < -0.39 is 13.2 Å². The van der Waals surface area contributed by atoms with E-state index in [-0.39, 0.29) is 17.0 Å². The van der Waals surface area contributed by atoms with Gasteiger partial charge in [0.05, 0.1) is 5.69 Å². The Balaban J connectivity index is 1.52. The summed E-state index contributed by atoms with van der Waals surface area (Å²) < 4.78 is 48.7. The van der Waals surface area contributed by atoms with Gasteiger partial charge in [-0.2, -0.15) is 0 Å². The zero-order valence-electron chi connectivity index (χ0n) is 24.6. The van der Waals surface area contributed by atoms with Crippen molar-refractivity contribution in [1.82, 2.24) is 4.98 Å². The maximum absolute atomic E-state index is 9.00. The molecule has 2 heteroatoms. The molecule has 0 unspecified atom stereocenters. The van der Waals surface area contributed by atoms with Gasteiger partial charge in [-0.15, -0.1) is 0 Å². The van der Waals surface area contributed by atoms with Crippen molar-refractivity contribution in [2.75, 3.05) is 0 Å². The van der Waals surface area contributed by atoms with Crippen LogP contribution in [0, 0.1) is 26.6 Å². The molecule has 1 aliphatic carbocycles. The number of hydrogen-bond acceptors (Lipinski definition) is 2. The van der Waals surface area contributed by atoms with Crippen LogP contribution in [0.4, 0.5) is 0 Å². The third kappa shape index (κ3) is 3.62. The SMILES string of the molecule is [2H]C([2H])([2H])c1cnc(-c2cccc3c2oc2cc(-c4c(C)cccc4C)ccc23)cc1C([2H])([2H])C1CCCC1. The van der Waals surface area contributed by atoms with Gasteiger partial charge in [-0.05, 0) is 90.6 Å². The van der Waals surface area contributed by atoms with Crippen molar-refractivity contribution >= 4 is 21.9 Å². The summed E-state index contributed by atoms with van der Waals surface area (Å²) in [6, 6.07) is 20.1. The van der Waals surface area contributed by atoms with Crippen LogP contribution in [0.15, 0.2) is 71.3 Å². The fraction of sp³-hybridized carbons (Fsp3) is 0.281. The van der Waals surface area contributed by atoms with Gasteiger partial charge in [0.25, 0.3) is 0 Å². The molecule has 170 valence electrons. The van der Waals surface area contributed by atoms with Crippen molar-refractivity contribution in [1.29, 1.82) is 0 Å². The van der Waals surface area contributed by atoms with Crippen molar-refractivity contribution in [2.24, 2.45) is 5.92 Å². The highest BCUT2D eigenvalue weighted by molar-refractivity contribution is 6.10. The third-order valence-corrected chi connectivity index (χ3v) is 7.16. The Labute approximate surface area is 208 Å². The predicted octanol–water partition coefficient (Wildman–Crippen LogP) is 8.97. The number of hydrogen-bond donors (Lipinski definition) is 0. The van der Waals surface area contributed by atoms with E-state index >= 15 is 0 Å². The second kappa shape index (κ2) is 8.43. The molecular weight excluding hydrogens is 414 g/mol. The van der Waals surface area contributed by atoms with E-state index in [0.717, 1.165) is 53.2 Å². The maximum atomic E-state index is 9.00. The first-order chi connectivity index (χ1) is 18.6. The number of aryl methyl sites for hydroxylation is 3. The Bertz CT molecular complexity index is 1690. The first-order valence-electron chi connectivity index (χ1n) is 14.6. The topological polar surface area (TPSA) is 26.0 Å². The minimum absolute atomic E-state index is 0.0156. The third-order valence-electron chi connectivity index (χ3n) is 7.16.